The number of carbonyl (C=O) groups excluding carboxylic acids is 1. The summed E-state index contributed by atoms with van der Waals surface area (Å²) in [5.74, 6) is 0.0193. The molecular formula is C20H25N3O2S. The zero-order valence-electron chi connectivity index (χ0n) is 15.1. The average molecular weight is 372 g/mol. The summed E-state index contributed by atoms with van der Waals surface area (Å²) >= 11 is 1.71. The Morgan fingerprint density at radius 1 is 1.42 bits per heavy atom. The zero-order chi connectivity index (χ0) is 18.1. The second kappa shape index (κ2) is 7.10. The Bertz CT molecular complexity index is 806. The van der Waals surface area contributed by atoms with Crippen molar-refractivity contribution in [2.75, 3.05) is 19.6 Å². The summed E-state index contributed by atoms with van der Waals surface area (Å²) in [6.07, 6.45) is 3.77. The van der Waals surface area contributed by atoms with E-state index in [9.17, 15) is 9.90 Å². The Hall–Kier alpha value is -1.76. The van der Waals surface area contributed by atoms with Gasteiger partial charge in [0.05, 0.1) is 11.5 Å². The van der Waals surface area contributed by atoms with E-state index in [0.717, 1.165) is 37.5 Å². The van der Waals surface area contributed by atoms with E-state index in [1.807, 2.05) is 18.3 Å². The molecule has 2 N–H and O–H groups in total. The van der Waals surface area contributed by atoms with Gasteiger partial charge in [-0.25, -0.2) is 4.98 Å². The van der Waals surface area contributed by atoms with E-state index in [2.05, 4.69) is 34.3 Å². The molecule has 0 unspecified atom stereocenters. The van der Waals surface area contributed by atoms with E-state index in [4.69, 9.17) is 0 Å². The summed E-state index contributed by atoms with van der Waals surface area (Å²) in [5.41, 5.74) is 1.77. The molecule has 138 valence electrons. The molecule has 1 amide bonds. The van der Waals surface area contributed by atoms with Gasteiger partial charge in [0.15, 0.2) is 0 Å². The number of piperidine rings is 2. The number of likely N-dealkylation sites (tertiary alicyclic amines) is 1. The van der Waals surface area contributed by atoms with Crippen molar-refractivity contribution in [3.8, 4) is 10.6 Å². The van der Waals surface area contributed by atoms with Crippen LogP contribution in [0.15, 0.2) is 30.5 Å². The van der Waals surface area contributed by atoms with E-state index >= 15 is 0 Å². The van der Waals surface area contributed by atoms with E-state index in [0.29, 0.717) is 13.0 Å². The van der Waals surface area contributed by atoms with Crippen molar-refractivity contribution in [3.05, 3.63) is 40.9 Å². The van der Waals surface area contributed by atoms with Gasteiger partial charge in [-0.3, -0.25) is 9.69 Å². The van der Waals surface area contributed by atoms with Crippen LogP contribution in [0.5, 0.6) is 0 Å². The van der Waals surface area contributed by atoms with E-state index in [1.54, 1.807) is 11.3 Å². The highest BCUT2D eigenvalue weighted by atomic mass is 32.1. The first-order chi connectivity index (χ1) is 12.6. The lowest BCUT2D eigenvalue weighted by Crippen LogP contribution is -2.61. The van der Waals surface area contributed by atoms with Gasteiger partial charge in [0.25, 0.3) is 0 Å². The first kappa shape index (κ1) is 17.6. The highest BCUT2D eigenvalue weighted by Crippen LogP contribution is 2.38. The van der Waals surface area contributed by atoms with Gasteiger partial charge < -0.3 is 10.4 Å². The summed E-state index contributed by atoms with van der Waals surface area (Å²) in [6.45, 7) is 5.05. The molecule has 3 heterocycles. The maximum Gasteiger partial charge on any atom is 0.230 e. The molecule has 2 aliphatic rings. The number of aliphatic hydroxyl groups is 1. The van der Waals surface area contributed by atoms with Crippen molar-refractivity contribution in [3.63, 3.8) is 0 Å². The van der Waals surface area contributed by atoms with Gasteiger partial charge in [0.2, 0.25) is 5.91 Å². The van der Waals surface area contributed by atoms with Crippen LogP contribution in [0.4, 0.5) is 0 Å². The third kappa shape index (κ3) is 3.17. The topological polar surface area (TPSA) is 65.5 Å². The first-order valence-electron chi connectivity index (χ1n) is 9.28. The molecule has 0 saturated carbocycles. The Balaban J connectivity index is 1.50. The molecular weight excluding hydrogens is 346 g/mol. The number of hydrogen-bond acceptors (Lipinski definition) is 5. The predicted octanol–water partition coefficient (Wildman–Crippen LogP) is 2.58. The zero-order valence-corrected chi connectivity index (χ0v) is 15.9. The maximum atomic E-state index is 12.5. The maximum absolute atomic E-state index is 12.5. The molecule has 1 aromatic carbocycles. The molecule has 0 radical (unpaired) electrons. The molecule has 1 aromatic heterocycles. The first-order valence-corrected chi connectivity index (χ1v) is 10.1. The van der Waals surface area contributed by atoms with Gasteiger partial charge in [-0.1, -0.05) is 24.3 Å². The Kier molecular flexibility index (Phi) is 4.82. The van der Waals surface area contributed by atoms with Crippen LogP contribution in [-0.4, -0.2) is 46.6 Å². The van der Waals surface area contributed by atoms with Crippen molar-refractivity contribution in [2.45, 2.75) is 38.8 Å². The minimum Gasteiger partial charge on any atom is -0.392 e. The number of aromatic nitrogens is 1. The molecule has 2 saturated heterocycles. The second-order valence-corrected chi connectivity index (χ2v) is 8.59. The summed E-state index contributed by atoms with van der Waals surface area (Å²) in [4.78, 5) is 20.6. The van der Waals surface area contributed by atoms with Gasteiger partial charge >= 0.3 is 0 Å². The number of thiazole rings is 1. The fourth-order valence-corrected chi connectivity index (χ4v) is 5.25. The number of nitrogens with one attached hydrogen (secondary N) is 1. The monoisotopic (exact) mass is 371 g/mol. The Morgan fingerprint density at radius 2 is 2.27 bits per heavy atom. The molecule has 2 atom stereocenters. The molecule has 0 aliphatic carbocycles. The number of hydrogen-bond donors (Lipinski definition) is 2. The largest absolute Gasteiger partial charge is 0.392 e. The van der Waals surface area contributed by atoms with Crippen LogP contribution in [0.3, 0.4) is 0 Å². The highest BCUT2D eigenvalue weighted by Gasteiger charge is 2.49. The van der Waals surface area contributed by atoms with Gasteiger partial charge in [0.1, 0.15) is 5.01 Å². The molecule has 5 nitrogen and oxygen atoms in total. The van der Waals surface area contributed by atoms with Crippen molar-refractivity contribution >= 4 is 17.2 Å². The summed E-state index contributed by atoms with van der Waals surface area (Å²) in [7, 11) is 0. The standard InChI is InChI=1S/C20H25N3O2S/c1-14-5-2-3-6-16(14)18-22-11-15(26-18)12-23-10-7-17(24)20(13-23)8-4-9-21-19(20)25/h2-3,5-6,11,17,24H,4,7-10,12-13H2,1H3,(H,21,25)/t17-,20-/m1/s1. The van der Waals surface area contributed by atoms with Crippen molar-refractivity contribution < 1.29 is 9.90 Å². The third-order valence-electron chi connectivity index (χ3n) is 5.71. The molecule has 2 aromatic rings. The SMILES string of the molecule is Cc1ccccc1-c1ncc(CN2CC[C@@H](O)[C@@]3(CCCNC3=O)C2)s1. The fraction of sp³-hybridized carbons (Fsp3) is 0.500. The van der Waals surface area contributed by atoms with E-state index < -0.39 is 11.5 Å². The highest BCUT2D eigenvalue weighted by molar-refractivity contribution is 7.15. The van der Waals surface area contributed by atoms with E-state index in [1.165, 1.54) is 16.0 Å². The van der Waals surface area contributed by atoms with Crippen LogP contribution >= 0.6 is 11.3 Å². The minimum atomic E-state index is -0.639. The van der Waals surface area contributed by atoms with Gasteiger partial charge in [-0.2, -0.15) is 0 Å². The fourth-order valence-electron chi connectivity index (χ4n) is 4.20. The van der Waals surface area contributed by atoms with Gasteiger partial charge in [0, 0.05) is 42.8 Å². The number of aryl methyl sites for hydroxylation is 1. The number of nitrogens with zero attached hydrogens (tertiary/aromatic N) is 2. The number of aliphatic hydroxyl groups excluding tert-OH is 1. The Morgan fingerprint density at radius 3 is 3.08 bits per heavy atom. The quantitative estimate of drug-likeness (QED) is 0.870. The normalized spacial score (nSPS) is 26.8. The van der Waals surface area contributed by atoms with Gasteiger partial charge in [-0.15, -0.1) is 11.3 Å². The lowest BCUT2D eigenvalue weighted by molar-refractivity contribution is -0.149. The van der Waals surface area contributed by atoms with Crippen molar-refractivity contribution in [1.82, 2.24) is 15.2 Å². The second-order valence-electron chi connectivity index (χ2n) is 7.48. The summed E-state index contributed by atoms with van der Waals surface area (Å²) < 4.78 is 0. The third-order valence-corrected chi connectivity index (χ3v) is 6.72. The molecule has 1 spiro atoms. The number of benzene rings is 1. The number of amides is 1. The number of rotatable bonds is 3. The molecule has 2 aliphatic heterocycles. The van der Waals surface area contributed by atoms with Crippen LogP contribution in [0.2, 0.25) is 0 Å². The van der Waals surface area contributed by atoms with Crippen LogP contribution < -0.4 is 5.32 Å². The smallest absolute Gasteiger partial charge is 0.230 e. The Labute approximate surface area is 158 Å². The minimum absolute atomic E-state index is 0.0193. The lowest BCUT2D eigenvalue weighted by atomic mass is 9.71. The molecule has 26 heavy (non-hydrogen) atoms. The van der Waals surface area contributed by atoms with E-state index in [-0.39, 0.29) is 5.91 Å². The predicted molar refractivity (Wildman–Crippen MR) is 103 cm³/mol. The summed E-state index contributed by atoms with van der Waals surface area (Å²) in [5, 5.41) is 14.5. The molecule has 2 fully saturated rings. The van der Waals surface area contributed by atoms with Crippen LogP contribution in [-0.2, 0) is 11.3 Å². The van der Waals surface area contributed by atoms with Crippen LogP contribution in [0, 0.1) is 12.3 Å². The lowest BCUT2D eigenvalue weighted by Gasteiger charge is -2.46. The average Bonchev–Trinajstić information content (AvgIpc) is 3.09. The van der Waals surface area contributed by atoms with Crippen molar-refractivity contribution in [2.24, 2.45) is 5.41 Å². The summed E-state index contributed by atoms with van der Waals surface area (Å²) in [6, 6.07) is 8.30. The molecule has 6 heteroatoms. The van der Waals surface area contributed by atoms with Gasteiger partial charge in [-0.05, 0) is 31.7 Å². The molecule has 0 bridgehead atoms. The number of carbonyl (C=O) groups is 1. The van der Waals surface area contributed by atoms with Crippen molar-refractivity contribution in [1.29, 1.82) is 0 Å². The van der Waals surface area contributed by atoms with Crippen LogP contribution in [0.25, 0.3) is 10.6 Å². The van der Waals surface area contributed by atoms with Crippen LogP contribution in [0.1, 0.15) is 29.7 Å². The molecule has 4 rings (SSSR count).